The number of carbonyl (C=O) groups is 1. The Morgan fingerprint density at radius 3 is 2.43 bits per heavy atom. The smallest absolute Gasteiger partial charge is 0.239 e. The number of amides is 1. The highest BCUT2D eigenvalue weighted by atomic mass is 16.1. The van der Waals surface area contributed by atoms with Gasteiger partial charge in [-0.05, 0) is 51.8 Å². The molecule has 0 radical (unpaired) electrons. The summed E-state index contributed by atoms with van der Waals surface area (Å²) in [4.78, 5) is 13.7. The van der Waals surface area contributed by atoms with Crippen LogP contribution in [0.3, 0.4) is 0 Å². The maximum atomic E-state index is 11.6. The molecular weight excluding hydrogens is 262 g/mol. The van der Waals surface area contributed by atoms with E-state index in [9.17, 15) is 4.79 Å². The van der Waals surface area contributed by atoms with Crippen LogP contribution in [0.4, 0.5) is 5.69 Å². The third-order valence-electron chi connectivity index (χ3n) is 3.42. The predicted molar refractivity (Wildman–Crippen MR) is 89.7 cm³/mol. The molecule has 0 aliphatic heterocycles. The van der Waals surface area contributed by atoms with Crippen LogP contribution in [0.2, 0.25) is 0 Å². The first kappa shape index (κ1) is 17.5. The Bertz CT molecular complexity index is 477. The molecule has 0 fully saturated rings. The van der Waals surface area contributed by atoms with Gasteiger partial charge in [-0.1, -0.05) is 12.1 Å². The first-order valence-corrected chi connectivity index (χ1v) is 7.57. The molecule has 21 heavy (non-hydrogen) atoms. The van der Waals surface area contributed by atoms with Crippen molar-refractivity contribution >= 4 is 11.6 Å². The first-order chi connectivity index (χ1) is 9.76. The van der Waals surface area contributed by atoms with Gasteiger partial charge in [0.05, 0.1) is 6.54 Å². The molecule has 4 heteroatoms. The van der Waals surface area contributed by atoms with E-state index in [2.05, 4.69) is 68.4 Å². The van der Waals surface area contributed by atoms with Crippen molar-refractivity contribution in [3.8, 4) is 0 Å². The van der Waals surface area contributed by atoms with Gasteiger partial charge >= 0.3 is 0 Å². The molecule has 0 saturated carbocycles. The maximum absolute atomic E-state index is 11.6. The summed E-state index contributed by atoms with van der Waals surface area (Å²) in [5.41, 5.74) is 3.71. The number of nitrogens with one attached hydrogen (secondary N) is 2. The van der Waals surface area contributed by atoms with Crippen LogP contribution >= 0.6 is 0 Å². The highest BCUT2D eigenvalue weighted by Crippen LogP contribution is 2.21. The predicted octanol–water partition coefficient (Wildman–Crippen LogP) is 2.46. The number of rotatable bonds is 6. The van der Waals surface area contributed by atoms with Gasteiger partial charge in [-0.25, -0.2) is 0 Å². The van der Waals surface area contributed by atoms with Crippen LogP contribution in [0.5, 0.6) is 0 Å². The number of benzene rings is 1. The molecule has 0 heterocycles. The van der Waals surface area contributed by atoms with Crippen molar-refractivity contribution < 1.29 is 4.79 Å². The molecule has 0 spiro atoms. The quantitative estimate of drug-likeness (QED) is 0.846. The molecule has 4 nitrogen and oxygen atoms in total. The summed E-state index contributed by atoms with van der Waals surface area (Å²) in [6.45, 7) is 12.7. The summed E-state index contributed by atoms with van der Waals surface area (Å²) in [6, 6.07) is 6.44. The zero-order valence-electron chi connectivity index (χ0n) is 14.2. The van der Waals surface area contributed by atoms with Gasteiger partial charge in [-0.15, -0.1) is 0 Å². The minimum Gasteiger partial charge on any atom is -0.362 e. The van der Waals surface area contributed by atoms with Crippen molar-refractivity contribution in [1.82, 2.24) is 10.6 Å². The van der Waals surface area contributed by atoms with Gasteiger partial charge in [0.15, 0.2) is 0 Å². The first-order valence-electron chi connectivity index (χ1n) is 7.57. The number of hydrogen-bond acceptors (Lipinski definition) is 3. The van der Waals surface area contributed by atoms with Gasteiger partial charge in [0.2, 0.25) is 5.91 Å². The molecule has 1 aromatic carbocycles. The fourth-order valence-electron chi connectivity index (χ4n) is 2.17. The number of likely N-dealkylation sites (N-methyl/N-ethyl adjacent to an activating group) is 2. The lowest BCUT2D eigenvalue weighted by Gasteiger charge is -2.25. The van der Waals surface area contributed by atoms with E-state index in [1.54, 1.807) is 7.05 Å². The topological polar surface area (TPSA) is 44.4 Å². The molecule has 0 aliphatic carbocycles. The fourth-order valence-corrected chi connectivity index (χ4v) is 2.17. The Hall–Kier alpha value is -1.55. The molecule has 118 valence electrons. The Morgan fingerprint density at radius 1 is 1.29 bits per heavy atom. The van der Waals surface area contributed by atoms with E-state index in [1.165, 1.54) is 11.1 Å². The van der Waals surface area contributed by atoms with E-state index in [1.807, 2.05) is 0 Å². The lowest BCUT2D eigenvalue weighted by molar-refractivity contribution is -0.119. The van der Waals surface area contributed by atoms with Crippen molar-refractivity contribution in [3.63, 3.8) is 0 Å². The second-order valence-electron chi connectivity index (χ2n) is 6.41. The number of aryl methyl sites for hydroxylation is 1. The average Bonchev–Trinajstić information content (AvgIpc) is 2.42. The third-order valence-corrected chi connectivity index (χ3v) is 3.42. The molecule has 0 unspecified atom stereocenters. The fraction of sp³-hybridized carbons (Fsp3) is 0.588. The third kappa shape index (κ3) is 5.76. The zero-order valence-corrected chi connectivity index (χ0v) is 14.2. The van der Waals surface area contributed by atoms with Crippen molar-refractivity contribution in [3.05, 3.63) is 29.3 Å². The van der Waals surface area contributed by atoms with E-state index in [0.29, 0.717) is 6.54 Å². The summed E-state index contributed by atoms with van der Waals surface area (Å²) in [5.74, 6) is 0.0368. The summed E-state index contributed by atoms with van der Waals surface area (Å²) in [7, 11) is 1.67. The standard InChI is InChI=1S/C17H29N3O/c1-7-20(12-16(21)18-6)15-9-8-14(10-13(15)2)11-19-17(3,4)5/h8-10,19H,7,11-12H2,1-6H3,(H,18,21). The molecule has 0 bridgehead atoms. The lowest BCUT2D eigenvalue weighted by Crippen LogP contribution is -2.36. The van der Waals surface area contributed by atoms with Crippen LogP contribution < -0.4 is 15.5 Å². The van der Waals surface area contributed by atoms with Gasteiger partial charge in [-0.3, -0.25) is 4.79 Å². The Balaban J connectivity index is 2.83. The van der Waals surface area contributed by atoms with Crippen molar-refractivity contribution in [2.75, 3.05) is 25.0 Å². The molecule has 0 aromatic heterocycles. The normalized spacial score (nSPS) is 11.3. The molecular formula is C17H29N3O. The van der Waals surface area contributed by atoms with Crippen LogP contribution in [0.25, 0.3) is 0 Å². The minimum absolute atomic E-state index is 0.0368. The summed E-state index contributed by atoms with van der Waals surface area (Å²) in [5, 5.41) is 6.17. The molecule has 1 amide bonds. The maximum Gasteiger partial charge on any atom is 0.239 e. The number of hydrogen-bond donors (Lipinski definition) is 2. The van der Waals surface area contributed by atoms with Crippen molar-refractivity contribution in [2.24, 2.45) is 0 Å². The molecule has 1 rings (SSSR count). The minimum atomic E-state index is 0.0368. The van der Waals surface area contributed by atoms with Gasteiger partial charge in [0.1, 0.15) is 0 Å². The summed E-state index contributed by atoms with van der Waals surface area (Å²) < 4.78 is 0. The van der Waals surface area contributed by atoms with Crippen LogP contribution in [0.15, 0.2) is 18.2 Å². The van der Waals surface area contributed by atoms with E-state index < -0.39 is 0 Å². The highest BCUT2D eigenvalue weighted by molar-refractivity contribution is 5.81. The second-order valence-corrected chi connectivity index (χ2v) is 6.41. The highest BCUT2D eigenvalue weighted by Gasteiger charge is 2.12. The second kappa shape index (κ2) is 7.46. The van der Waals surface area contributed by atoms with Gasteiger partial charge < -0.3 is 15.5 Å². The van der Waals surface area contributed by atoms with Gasteiger partial charge in [0.25, 0.3) is 0 Å². The monoisotopic (exact) mass is 291 g/mol. The van der Waals surface area contributed by atoms with Gasteiger partial charge in [0, 0.05) is 31.4 Å². The number of nitrogens with zero attached hydrogens (tertiary/aromatic N) is 1. The van der Waals surface area contributed by atoms with E-state index in [4.69, 9.17) is 0 Å². The SMILES string of the molecule is CCN(CC(=O)NC)c1ccc(CNC(C)(C)C)cc1C. The average molecular weight is 291 g/mol. The van der Waals surface area contributed by atoms with Crippen LogP contribution in [-0.4, -0.2) is 31.6 Å². The molecule has 0 aliphatic rings. The van der Waals surface area contributed by atoms with E-state index in [-0.39, 0.29) is 11.4 Å². The van der Waals surface area contributed by atoms with Crippen LogP contribution in [0.1, 0.15) is 38.8 Å². The summed E-state index contributed by atoms with van der Waals surface area (Å²) in [6.07, 6.45) is 0. The molecule has 1 aromatic rings. The molecule has 0 saturated heterocycles. The van der Waals surface area contributed by atoms with Crippen molar-refractivity contribution in [2.45, 2.75) is 46.7 Å². The van der Waals surface area contributed by atoms with Crippen molar-refractivity contribution in [1.29, 1.82) is 0 Å². The lowest BCUT2D eigenvalue weighted by atomic mass is 10.1. The van der Waals surface area contributed by atoms with E-state index in [0.717, 1.165) is 18.8 Å². The largest absolute Gasteiger partial charge is 0.362 e. The molecule has 0 atom stereocenters. The van der Waals surface area contributed by atoms with Crippen LogP contribution in [0, 0.1) is 6.92 Å². The van der Waals surface area contributed by atoms with Crippen LogP contribution in [-0.2, 0) is 11.3 Å². The van der Waals surface area contributed by atoms with E-state index >= 15 is 0 Å². The Kier molecular flexibility index (Phi) is 6.21. The zero-order chi connectivity index (χ0) is 16.0. The number of carbonyl (C=O) groups excluding carboxylic acids is 1. The number of anilines is 1. The Morgan fingerprint density at radius 2 is 1.95 bits per heavy atom. The Labute approximate surface area is 128 Å². The molecule has 2 N–H and O–H groups in total. The van der Waals surface area contributed by atoms with Gasteiger partial charge in [-0.2, -0.15) is 0 Å². The summed E-state index contributed by atoms with van der Waals surface area (Å²) >= 11 is 0.